The Hall–Kier alpha value is -1.82. The molecule has 1 saturated heterocycles. The third-order valence-electron chi connectivity index (χ3n) is 4.58. The van der Waals surface area contributed by atoms with Gasteiger partial charge in [0.05, 0.1) is 12.3 Å². The Morgan fingerprint density at radius 1 is 1.31 bits per heavy atom. The van der Waals surface area contributed by atoms with Gasteiger partial charge in [-0.2, -0.15) is 18.3 Å². The van der Waals surface area contributed by atoms with E-state index < -0.39 is 21.9 Å². The van der Waals surface area contributed by atoms with E-state index in [2.05, 4.69) is 20.7 Å². The first-order valence-electron chi connectivity index (χ1n) is 9.69. The van der Waals surface area contributed by atoms with Crippen molar-refractivity contribution in [3.05, 3.63) is 17.5 Å². The van der Waals surface area contributed by atoms with Gasteiger partial charge >= 0.3 is 6.18 Å². The molecule has 2 heterocycles. The van der Waals surface area contributed by atoms with Crippen molar-refractivity contribution in [1.82, 2.24) is 24.7 Å². The second-order valence-corrected chi connectivity index (χ2v) is 9.09. The van der Waals surface area contributed by atoms with E-state index in [1.807, 2.05) is 13.8 Å². The van der Waals surface area contributed by atoms with E-state index in [0.29, 0.717) is 44.9 Å². The highest BCUT2D eigenvalue weighted by Crippen LogP contribution is 2.30. The average Bonchev–Trinajstić information content (AvgIpc) is 3.01. The Balaban J connectivity index is 2.01. The van der Waals surface area contributed by atoms with Crippen LogP contribution in [0.3, 0.4) is 0 Å². The normalized spacial score (nSPS) is 17.5. The molecule has 1 aromatic heterocycles. The predicted octanol–water partition coefficient (Wildman–Crippen LogP) is 1.70. The van der Waals surface area contributed by atoms with E-state index in [9.17, 15) is 21.6 Å². The second kappa shape index (κ2) is 9.79. The lowest BCUT2D eigenvalue weighted by molar-refractivity contribution is -0.142. The number of guanidine groups is 1. The number of aryl methyl sites for hydroxylation is 1. The summed E-state index contributed by atoms with van der Waals surface area (Å²) in [5.74, 6) is 0.543. The van der Waals surface area contributed by atoms with Crippen molar-refractivity contribution in [3.8, 4) is 0 Å². The summed E-state index contributed by atoms with van der Waals surface area (Å²) in [7, 11) is -1.78. The second-order valence-electron chi connectivity index (χ2n) is 7.00. The lowest BCUT2D eigenvalue weighted by atomic mass is 10.1. The van der Waals surface area contributed by atoms with E-state index in [4.69, 9.17) is 0 Å². The minimum atomic E-state index is -4.53. The van der Waals surface area contributed by atoms with Gasteiger partial charge in [-0.15, -0.1) is 0 Å². The van der Waals surface area contributed by atoms with Crippen LogP contribution in [0.15, 0.2) is 11.2 Å². The van der Waals surface area contributed by atoms with Crippen LogP contribution in [0.4, 0.5) is 13.2 Å². The summed E-state index contributed by atoms with van der Waals surface area (Å²) in [5.41, 5.74) is -0.938. The molecule has 0 aromatic carbocycles. The predicted molar refractivity (Wildman–Crippen MR) is 105 cm³/mol. The number of hydrogen-bond donors (Lipinski definition) is 2. The molecule has 1 aromatic rings. The number of nitrogens with zero attached hydrogens (tertiary/aromatic N) is 4. The average molecular weight is 439 g/mol. The Morgan fingerprint density at radius 2 is 1.97 bits per heavy atom. The molecule has 1 aliphatic rings. The molecule has 2 rings (SSSR count). The van der Waals surface area contributed by atoms with Crippen LogP contribution in [0.2, 0.25) is 0 Å². The van der Waals surface area contributed by atoms with Crippen LogP contribution in [0.25, 0.3) is 0 Å². The van der Waals surface area contributed by atoms with Crippen molar-refractivity contribution in [2.75, 3.05) is 25.4 Å². The topological polar surface area (TPSA) is 91.6 Å². The van der Waals surface area contributed by atoms with Gasteiger partial charge in [0.1, 0.15) is 0 Å². The molecule has 0 saturated carbocycles. The fraction of sp³-hybridized carbons (Fsp3) is 0.765. The quantitative estimate of drug-likeness (QED) is 0.500. The number of sulfonamides is 1. The minimum absolute atomic E-state index is 0.00215. The fourth-order valence-corrected chi connectivity index (χ4v) is 4.78. The number of piperidine rings is 1. The highest BCUT2D eigenvalue weighted by Gasteiger charge is 2.36. The fourth-order valence-electron chi connectivity index (χ4n) is 3.23. The van der Waals surface area contributed by atoms with E-state index in [0.717, 1.165) is 4.68 Å². The first-order chi connectivity index (χ1) is 13.6. The summed E-state index contributed by atoms with van der Waals surface area (Å²) >= 11 is 0. The smallest absolute Gasteiger partial charge is 0.357 e. The molecular weight excluding hydrogens is 409 g/mol. The summed E-state index contributed by atoms with van der Waals surface area (Å²) < 4.78 is 66.2. The van der Waals surface area contributed by atoms with Gasteiger partial charge in [0, 0.05) is 44.5 Å². The number of halogens is 3. The molecule has 166 valence electrons. The Labute approximate surface area is 169 Å². The highest BCUT2D eigenvalue weighted by atomic mass is 32.2. The SMILES string of the molecule is CCCS(=O)(=O)N1CCC(NC(=NCc2cn(C)nc2C(F)(F)F)NCC)CC1. The van der Waals surface area contributed by atoms with Crippen LogP contribution in [0.1, 0.15) is 44.4 Å². The molecule has 0 radical (unpaired) electrons. The molecule has 0 bridgehead atoms. The van der Waals surface area contributed by atoms with E-state index in [-0.39, 0.29) is 23.9 Å². The van der Waals surface area contributed by atoms with Gasteiger partial charge in [-0.05, 0) is 26.2 Å². The standard InChI is InChI=1S/C17H29F3N6O2S/c1-4-10-29(27,28)26-8-6-14(7-9-26)23-16(21-5-2)22-11-13-12-25(3)24-15(13)17(18,19)20/h12,14H,4-11H2,1-3H3,(H2,21,22,23). The number of hydrogen-bond acceptors (Lipinski definition) is 4. The zero-order valence-electron chi connectivity index (χ0n) is 17.0. The van der Waals surface area contributed by atoms with E-state index in [1.165, 1.54) is 17.5 Å². The van der Waals surface area contributed by atoms with Gasteiger partial charge in [0.15, 0.2) is 11.7 Å². The highest BCUT2D eigenvalue weighted by molar-refractivity contribution is 7.89. The van der Waals surface area contributed by atoms with Crippen molar-refractivity contribution >= 4 is 16.0 Å². The molecule has 12 heteroatoms. The summed E-state index contributed by atoms with van der Waals surface area (Å²) in [5, 5.41) is 9.72. The number of rotatable bonds is 7. The molecule has 0 amide bonds. The molecule has 0 spiro atoms. The third kappa shape index (κ3) is 6.59. The Bertz CT molecular complexity index is 799. The lowest BCUT2D eigenvalue weighted by Gasteiger charge is -2.32. The molecule has 29 heavy (non-hydrogen) atoms. The monoisotopic (exact) mass is 438 g/mol. The van der Waals surface area contributed by atoms with Gasteiger partial charge in [-0.1, -0.05) is 6.92 Å². The number of nitrogens with one attached hydrogen (secondary N) is 2. The number of alkyl halides is 3. The van der Waals surface area contributed by atoms with Gasteiger partial charge < -0.3 is 10.6 Å². The Morgan fingerprint density at radius 3 is 2.52 bits per heavy atom. The van der Waals surface area contributed by atoms with Crippen molar-refractivity contribution in [1.29, 1.82) is 0 Å². The maximum atomic E-state index is 13.1. The molecule has 0 unspecified atom stereocenters. The van der Waals surface area contributed by atoms with Gasteiger partial charge in [-0.3, -0.25) is 4.68 Å². The van der Waals surface area contributed by atoms with E-state index in [1.54, 1.807) is 0 Å². The lowest BCUT2D eigenvalue weighted by Crippen LogP contribution is -2.50. The molecule has 2 N–H and O–H groups in total. The molecular formula is C17H29F3N6O2S. The summed E-state index contributed by atoms with van der Waals surface area (Å²) in [6, 6.07) is -0.00291. The van der Waals surface area contributed by atoms with Crippen molar-refractivity contribution in [2.24, 2.45) is 12.0 Å². The molecule has 8 nitrogen and oxygen atoms in total. The maximum absolute atomic E-state index is 13.1. The Kier molecular flexibility index (Phi) is 7.92. The summed E-state index contributed by atoms with van der Waals surface area (Å²) in [6.07, 6.45) is -1.43. The number of aliphatic imine (C=N–C) groups is 1. The van der Waals surface area contributed by atoms with Crippen molar-refractivity contribution < 1.29 is 21.6 Å². The van der Waals surface area contributed by atoms with Crippen LogP contribution in [-0.2, 0) is 29.8 Å². The third-order valence-corrected chi connectivity index (χ3v) is 6.65. The van der Waals surface area contributed by atoms with Gasteiger partial charge in [-0.25, -0.2) is 17.7 Å². The van der Waals surface area contributed by atoms with Crippen LogP contribution >= 0.6 is 0 Å². The number of aromatic nitrogens is 2. The summed E-state index contributed by atoms with van der Waals surface area (Å²) in [6.45, 7) is 4.91. The molecule has 0 atom stereocenters. The maximum Gasteiger partial charge on any atom is 0.435 e. The van der Waals surface area contributed by atoms with Crippen molar-refractivity contribution in [2.45, 2.75) is 51.9 Å². The first-order valence-corrected chi connectivity index (χ1v) is 11.3. The first kappa shape index (κ1) is 23.5. The van der Waals surface area contributed by atoms with Gasteiger partial charge in [0.2, 0.25) is 10.0 Å². The van der Waals surface area contributed by atoms with Crippen LogP contribution in [0, 0.1) is 0 Å². The zero-order valence-corrected chi connectivity index (χ0v) is 17.8. The molecule has 1 fully saturated rings. The summed E-state index contributed by atoms with van der Waals surface area (Å²) in [4.78, 5) is 4.27. The molecule has 0 aliphatic carbocycles. The van der Waals surface area contributed by atoms with Crippen LogP contribution < -0.4 is 10.6 Å². The van der Waals surface area contributed by atoms with Crippen molar-refractivity contribution in [3.63, 3.8) is 0 Å². The minimum Gasteiger partial charge on any atom is -0.357 e. The zero-order chi connectivity index (χ0) is 21.7. The van der Waals surface area contributed by atoms with Gasteiger partial charge in [0.25, 0.3) is 0 Å². The molecule has 1 aliphatic heterocycles. The van der Waals surface area contributed by atoms with E-state index >= 15 is 0 Å². The largest absolute Gasteiger partial charge is 0.435 e. The van der Waals surface area contributed by atoms with Crippen LogP contribution in [-0.4, -0.2) is 59.9 Å². The van der Waals surface area contributed by atoms with Crippen LogP contribution in [0.5, 0.6) is 0 Å².